The molecule has 2 heterocycles. The van der Waals surface area contributed by atoms with Crippen LogP contribution in [0.5, 0.6) is 0 Å². The van der Waals surface area contributed by atoms with E-state index in [1.165, 1.54) is 0 Å². The van der Waals surface area contributed by atoms with Gasteiger partial charge in [-0.25, -0.2) is 18.3 Å². The normalized spacial score (nSPS) is 20.6. The lowest BCUT2D eigenvalue weighted by atomic mass is 10.1. The zero-order valence-corrected chi connectivity index (χ0v) is 14.1. The quantitative estimate of drug-likeness (QED) is 0.826. The number of urea groups is 1. The van der Waals surface area contributed by atoms with Crippen LogP contribution < -0.4 is 10.2 Å². The van der Waals surface area contributed by atoms with Crippen LogP contribution in [-0.4, -0.2) is 63.2 Å². The molecule has 0 radical (unpaired) electrons. The number of aryl methyl sites for hydroxylation is 1. The number of rotatable bonds is 2. The number of amides is 3. The van der Waals surface area contributed by atoms with Crippen LogP contribution in [0.4, 0.5) is 10.5 Å². The summed E-state index contributed by atoms with van der Waals surface area (Å²) in [6, 6.07) is 4.88. The van der Waals surface area contributed by atoms with Gasteiger partial charge >= 0.3 is 6.03 Å². The minimum absolute atomic E-state index is 0.0104. The Balaban J connectivity index is 1.78. The Morgan fingerprint density at radius 2 is 2.04 bits per heavy atom. The average Bonchev–Trinajstić information content (AvgIpc) is 2.86. The fourth-order valence-electron chi connectivity index (χ4n) is 2.76. The molecule has 0 spiro atoms. The third kappa shape index (κ3) is 3.36. The van der Waals surface area contributed by atoms with Crippen molar-refractivity contribution >= 4 is 27.5 Å². The maximum atomic E-state index is 12.5. The Labute approximate surface area is 140 Å². The number of nitrogens with zero attached hydrogens (tertiary/aromatic N) is 2. The molecule has 24 heavy (non-hydrogen) atoms. The van der Waals surface area contributed by atoms with Crippen LogP contribution in [0.15, 0.2) is 18.2 Å². The lowest BCUT2D eigenvalue weighted by Crippen LogP contribution is -2.33. The van der Waals surface area contributed by atoms with Crippen molar-refractivity contribution in [1.29, 1.82) is 0 Å². The minimum Gasteiger partial charge on any atom is -0.336 e. The van der Waals surface area contributed by atoms with Crippen LogP contribution in [0, 0.1) is 6.92 Å². The summed E-state index contributed by atoms with van der Waals surface area (Å²) in [4.78, 5) is 31.2. The highest BCUT2D eigenvalue weighted by atomic mass is 32.2. The van der Waals surface area contributed by atoms with Crippen LogP contribution >= 0.6 is 0 Å². The highest BCUT2D eigenvalue weighted by molar-refractivity contribution is 7.91. The molecule has 1 N–H and O–H groups in total. The molecule has 2 aliphatic rings. The molecule has 0 aliphatic carbocycles. The van der Waals surface area contributed by atoms with Gasteiger partial charge in [0.1, 0.15) is 0 Å². The Morgan fingerprint density at radius 3 is 2.71 bits per heavy atom. The van der Waals surface area contributed by atoms with E-state index in [9.17, 15) is 18.0 Å². The summed E-state index contributed by atoms with van der Waals surface area (Å²) in [5.74, 6) is -0.574. The molecule has 2 saturated heterocycles. The van der Waals surface area contributed by atoms with Crippen LogP contribution in [0.1, 0.15) is 15.9 Å². The van der Waals surface area contributed by atoms with Crippen LogP contribution in [0.3, 0.4) is 0 Å². The van der Waals surface area contributed by atoms with Crippen LogP contribution in [-0.2, 0) is 14.7 Å². The molecule has 3 rings (SSSR count). The van der Waals surface area contributed by atoms with Crippen molar-refractivity contribution in [2.24, 2.45) is 0 Å². The second kappa shape index (κ2) is 6.40. The third-order valence-corrected chi connectivity index (χ3v) is 5.66. The van der Waals surface area contributed by atoms with Gasteiger partial charge in [-0.05, 0) is 30.7 Å². The van der Waals surface area contributed by atoms with Crippen LogP contribution in [0.2, 0.25) is 0 Å². The highest BCUT2D eigenvalue weighted by Crippen LogP contribution is 2.23. The molecule has 1 aromatic rings. The zero-order chi connectivity index (χ0) is 17.3. The first-order valence-corrected chi connectivity index (χ1v) is 9.51. The van der Waals surface area contributed by atoms with Gasteiger partial charge in [0.25, 0.3) is 5.91 Å². The van der Waals surface area contributed by atoms with Gasteiger partial charge in [-0.1, -0.05) is 0 Å². The molecule has 8 nitrogen and oxygen atoms in total. The largest absolute Gasteiger partial charge is 0.336 e. The molecule has 0 unspecified atom stereocenters. The summed E-state index contributed by atoms with van der Waals surface area (Å²) in [5, 5.41) is 3.83. The summed E-state index contributed by atoms with van der Waals surface area (Å²) in [7, 11) is -3.17. The first kappa shape index (κ1) is 16.7. The summed E-state index contributed by atoms with van der Waals surface area (Å²) < 4.78 is 23.2. The predicted molar refractivity (Wildman–Crippen MR) is 87.6 cm³/mol. The topological polar surface area (TPSA) is 96.0 Å². The fourth-order valence-corrected chi connectivity index (χ4v) is 3.74. The number of carbonyl (C=O) groups excluding carboxylic acids is 2. The van der Waals surface area contributed by atoms with Crippen molar-refractivity contribution in [1.82, 2.24) is 10.4 Å². The van der Waals surface area contributed by atoms with E-state index in [0.29, 0.717) is 18.7 Å². The fraction of sp³-hybridized carbons (Fsp3) is 0.467. The molecule has 2 fully saturated rings. The smallest absolute Gasteiger partial charge is 0.322 e. The molecule has 9 heteroatoms. The summed E-state index contributed by atoms with van der Waals surface area (Å²) in [6.07, 6.45) is 0. The molecular formula is C15H19N3O5S. The molecule has 0 atom stereocenters. The van der Waals surface area contributed by atoms with Gasteiger partial charge in [0.15, 0.2) is 9.84 Å². The number of hydrogen-bond acceptors (Lipinski definition) is 5. The van der Waals surface area contributed by atoms with E-state index in [2.05, 4.69) is 5.32 Å². The molecular weight excluding hydrogens is 334 g/mol. The second-order valence-corrected chi connectivity index (χ2v) is 8.08. The van der Waals surface area contributed by atoms with E-state index in [4.69, 9.17) is 4.84 Å². The van der Waals surface area contributed by atoms with E-state index < -0.39 is 9.84 Å². The van der Waals surface area contributed by atoms with E-state index >= 15 is 0 Å². The van der Waals surface area contributed by atoms with Crippen molar-refractivity contribution in [2.75, 3.05) is 42.6 Å². The number of benzene rings is 1. The van der Waals surface area contributed by atoms with E-state index in [1.807, 2.05) is 6.92 Å². The van der Waals surface area contributed by atoms with Crippen molar-refractivity contribution < 1.29 is 22.8 Å². The highest BCUT2D eigenvalue weighted by Gasteiger charge is 2.26. The standard InChI is InChI=1S/C15H19N3O5S/c1-11-10-12(2-3-13(11)17-5-4-16-15(17)20)14(19)18-6-8-24(21,22)9-7-23-18/h2-3,10H,4-9H2,1H3,(H,16,20). The first-order chi connectivity index (χ1) is 11.4. The lowest BCUT2D eigenvalue weighted by molar-refractivity contribution is -0.111. The first-order valence-electron chi connectivity index (χ1n) is 7.69. The molecule has 0 saturated carbocycles. The van der Waals surface area contributed by atoms with Gasteiger partial charge in [0.2, 0.25) is 0 Å². The average molecular weight is 353 g/mol. The number of sulfone groups is 1. The van der Waals surface area contributed by atoms with Crippen molar-refractivity contribution in [3.8, 4) is 0 Å². The molecule has 130 valence electrons. The van der Waals surface area contributed by atoms with Gasteiger partial charge in [-0.3, -0.25) is 14.5 Å². The Hall–Kier alpha value is -2.13. The van der Waals surface area contributed by atoms with Gasteiger partial charge in [0, 0.05) is 24.3 Å². The zero-order valence-electron chi connectivity index (χ0n) is 13.3. The Morgan fingerprint density at radius 1 is 1.25 bits per heavy atom. The molecule has 1 aromatic carbocycles. The van der Waals surface area contributed by atoms with E-state index in [0.717, 1.165) is 16.3 Å². The van der Waals surface area contributed by atoms with Crippen LogP contribution in [0.25, 0.3) is 0 Å². The number of hydrogen-bond donors (Lipinski definition) is 1. The molecule has 0 bridgehead atoms. The monoisotopic (exact) mass is 353 g/mol. The molecule has 0 aromatic heterocycles. The van der Waals surface area contributed by atoms with Gasteiger partial charge in [0.05, 0.1) is 24.7 Å². The lowest BCUT2D eigenvalue weighted by Gasteiger charge is -2.21. The number of anilines is 1. The van der Waals surface area contributed by atoms with E-state index in [-0.39, 0.29) is 36.6 Å². The summed E-state index contributed by atoms with van der Waals surface area (Å²) in [6.45, 7) is 2.98. The number of carbonyl (C=O) groups is 2. The van der Waals surface area contributed by atoms with Crippen molar-refractivity contribution in [3.63, 3.8) is 0 Å². The summed E-state index contributed by atoms with van der Waals surface area (Å²) in [5.41, 5.74) is 1.94. The van der Waals surface area contributed by atoms with E-state index in [1.54, 1.807) is 23.1 Å². The molecule has 2 aliphatic heterocycles. The minimum atomic E-state index is -3.17. The molecule has 3 amide bonds. The van der Waals surface area contributed by atoms with Crippen molar-refractivity contribution in [2.45, 2.75) is 6.92 Å². The van der Waals surface area contributed by atoms with Gasteiger partial charge in [-0.2, -0.15) is 0 Å². The number of hydroxylamine groups is 2. The van der Waals surface area contributed by atoms with Gasteiger partial charge < -0.3 is 5.32 Å². The number of nitrogens with one attached hydrogen (secondary N) is 1. The van der Waals surface area contributed by atoms with Crippen molar-refractivity contribution in [3.05, 3.63) is 29.3 Å². The maximum absolute atomic E-state index is 12.5. The Bertz CT molecular complexity index is 777. The second-order valence-electron chi connectivity index (χ2n) is 5.78. The predicted octanol–water partition coefficient (Wildman–Crippen LogP) is 0.327. The SMILES string of the molecule is Cc1cc(C(=O)N2CCS(=O)(=O)CCO2)ccc1N1CCNC1=O. The maximum Gasteiger partial charge on any atom is 0.322 e. The third-order valence-electron chi connectivity index (χ3n) is 4.06. The Kier molecular flexibility index (Phi) is 4.46. The van der Waals surface area contributed by atoms with Gasteiger partial charge in [-0.15, -0.1) is 0 Å². The summed E-state index contributed by atoms with van der Waals surface area (Å²) >= 11 is 0.